The lowest BCUT2D eigenvalue weighted by Crippen LogP contribution is -2.20. The number of aryl methyl sites for hydroxylation is 1. The van der Waals surface area contributed by atoms with Crippen molar-refractivity contribution in [3.05, 3.63) is 35.8 Å². The minimum absolute atomic E-state index is 0.103. The molecule has 1 aliphatic carbocycles. The first-order chi connectivity index (χ1) is 8.77. The van der Waals surface area contributed by atoms with Crippen LogP contribution < -0.4 is 5.73 Å². The Balaban J connectivity index is 2.23. The quantitative estimate of drug-likeness (QED) is 0.747. The van der Waals surface area contributed by atoms with Crippen LogP contribution in [0.5, 0.6) is 0 Å². The molecule has 0 radical (unpaired) electrons. The maximum atomic E-state index is 5.99. The number of hydrogen-bond donors (Lipinski definition) is 1. The van der Waals surface area contributed by atoms with E-state index in [0.717, 1.165) is 40.3 Å². The standard InChI is InChI=1S/C15H15NO2/c1-9-10-2-6-18-14(10)12(15(8-16)4-5-15)11-3-7-17-13(9)11/h2-3,6-7H,4-5,8,16H2,1H3. The molecule has 0 amide bonds. The van der Waals surface area contributed by atoms with Gasteiger partial charge in [0.2, 0.25) is 0 Å². The fourth-order valence-corrected chi connectivity index (χ4v) is 3.07. The Bertz CT molecular complexity index is 695. The Morgan fingerprint density at radius 1 is 1.11 bits per heavy atom. The molecule has 92 valence electrons. The van der Waals surface area contributed by atoms with E-state index in [-0.39, 0.29) is 5.41 Å². The van der Waals surface area contributed by atoms with Gasteiger partial charge < -0.3 is 14.6 Å². The summed E-state index contributed by atoms with van der Waals surface area (Å²) < 4.78 is 11.4. The van der Waals surface area contributed by atoms with Crippen molar-refractivity contribution in [1.82, 2.24) is 0 Å². The van der Waals surface area contributed by atoms with Gasteiger partial charge in [-0.2, -0.15) is 0 Å². The SMILES string of the molecule is Cc1c2ccoc2c(C2(CN)CC2)c2ccoc12. The van der Waals surface area contributed by atoms with Crippen LogP contribution in [0, 0.1) is 6.92 Å². The normalized spacial score (nSPS) is 17.7. The molecule has 4 rings (SSSR count). The molecule has 0 saturated heterocycles. The van der Waals surface area contributed by atoms with Crippen LogP contribution in [0.2, 0.25) is 0 Å². The third-order valence-electron chi connectivity index (χ3n) is 4.35. The van der Waals surface area contributed by atoms with Crippen molar-refractivity contribution in [2.24, 2.45) is 5.73 Å². The van der Waals surface area contributed by atoms with E-state index in [0.29, 0.717) is 6.54 Å². The van der Waals surface area contributed by atoms with Gasteiger partial charge in [0.25, 0.3) is 0 Å². The molecule has 0 unspecified atom stereocenters. The van der Waals surface area contributed by atoms with E-state index < -0.39 is 0 Å². The van der Waals surface area contributed by atoms with Gasteiger partial charge in [-0.15, -0.1) is 0 Å². The van der Waals surface area contributed by atoms with Crippen LogP contribution in [0.4, 0.5) is 0 Å². The zero-order valence-electron chi connectivity index (χ0n) is 10.3. The van der Waals surface area contributed by atoms with Crippen LogP contribution in [-0.2, 0) is 5.41 Å². The summed E-state index contributed by atoms with van der Waals surface area (Å²) >= 11 is 0. The lowest BCUT2D eigenvalue weighted by Gasteiger charge is -2.15. The summed E-state index contributed by atoms with van der Waals surface area (Å²) in [6.07, 6.45) is 5.80. The van der Waals surface area contributed by atoms with Crippen molar-refractivity contribution >= 4 is 21.9 Å². The van der Waals surface area contributed by atoms with Crippen LogP contribution in [0.1, 0.15) is 24.0 Å². The molecular weight excluding hydrogens is 226 g/mol. The first-order valence-corrected chi connectivity index (χ1v) is 6.34. The summed E-state index contributed by atoms with van der Waals surface area (Å²) in [6, 6.07) is 4.05. The van der Waals surface area contributed by atoms with E-state index in [2.05, 4.69) is 6.92 Å². The monoisotopic (exact) mass is 241 g/mol. The van der Waals surface area contributed by atoms with Crippen LogP contribution in [-0.4, -0.2) is 6.54 Å². The molecular formula is C15H15NO2. The first-order valence-electron chi connectivity index (χ1n) is 6.34. The molecule has 3 nitrogen and oxygen atoms in total. The van der Waals surface area contributed by atoms with Gasteiger partial charge in [-0.3, -0.25) is 0 Å². The van der Waals surface area contributed by atoms with E-state index >= 15 is 0 Å². The smallest absolute Gasteiger partial charge is 0.138 e. The highest BCUT2D eigenvalue weighted by molar-refractivity contribution is 6.02. The van der Waals surface area contributed by atoms with Gasteiger partial charge in [0.1, 0.15) is 11.2 Å². The summed E-state index contributed by atoms with van der Waals surface area (Å²) in [6.45, 7) is 2.75. The fraction of sp³-hybridized carbons (Fsp3) is 0.333. The molecule has 1 aliphatic rings. The highest BCUT2D eigenvalue weighted by Crippen LogP contribution is 2.52. The number of furan rings is 2. The second-order valence-electron chi connectivity index (χ2n) is 5.31. The number of hydrogen-bond acceptors (Lipinski definition) is 3. The Hall–Kier alpha value is -1.74. The summed E-state index contributed by atoms with van der Waals surface area (Å²) in [7, 11) is 0. The second-order valence-corrected chi connectivity index (χ2v) is 5.31. The van der Waals surface area contributed by atoms with E-state index in [9.17, 15) is 0 Å². The van der Waals surface area contributed by atoms with E-state index in [1.165, 1.54) is 5.56 Å². The van der Waals surface area contributed by atoms with Crippen molar-refractivity contribution in [2.45, 2.75) is 25.2 Å². The number of rotatable bonds is 2. The third kappa shape index (κ3) is 1.08. The van der Waals surface area contributed by atoms with Crippen molar-refractivity contribution in [1.29, 1.82) is 0 Å². The van der Waals surface area contributed by atoms with Crippen molar-refractivity contribution in [2.75, 3.05) is 6.54 Å². The molecule has 1 aromatic carbocycles. The van der Waals surface area contributed by atoms with Crippen LogP contribution in [0.15, 0.2) is 33.5 Å². The molecule has 18 heavy (non-hydrogen) atoms. The third-order valence-corrected chi connectivity index (χ3v) is 4.35. The summed E-state index contributed by atoms with van der Waals surface area (Å²) in [4.78, 5) is 0. The molecule has 3 aromatic rings. The fourth-order valence-electron chi connectivity index (χ4n) is 3.07. The number of fused-ring (bicyclic) bond motifs is 2. The molecule has 0 bridgehead atoms. The van der Waals surface area contributed by atoms with Crippen LogP contribution in [0.25, 0.3) is 21.9 Å². The Labute approximate surface area is 105 Å². The Morgan fingerprint density at radius 3 is 2.44 bits per heavy atom. The van der Waals surface area contributed by atoms with Crippen molar-refractivity contribution < 1.29 is 8.83 Å². The average molecular weight is 241 g/mol. The largest absolute Gasteiger partial charge is 0.464 e. The zero-order valence-corrected chi connectivity index (χ0v) is 10.3. The number of benzene rings is 1. The summed E-state index contributed by atoms with van der Waals surface area (Å²) in [5.74, 6) is 0. The van der Waals surface area contributed by atoms with Gasteiger partial charge in [0.15, 0.2) is 0 Å². The van der Waals surface area contributed by atoms with Crippen LogP contribution in [0.3, 0.4) is 0 Å². The summed E-state index contributed by atoms with van der Waals surface area (Å²) in [5.41, 5.74) is 10.4. The maximum Gasteiger partial charge on any atom is 0.138 e. The molecule has 1 saturated carbocycles. The van der Waals surface area contributed by atoms with Crippen molar-refractivity contribution in [3.63, 3.8) is 0 Å². The van der Waals surface area contributed by atoms with E-state index in [1.807, 2.05) is 12.1 Å². The average Bonchev–Trinajstić information content (AvgIpc) is 2.80. The molecule has 0 aliphatic heterocycles. The van der Waals surface area contributed by atoms with Crippen LogP contribution >= 0.6 is 0 Å². The molecule has 2 aromatic heterocycles. The Morgan fingerprint density at radius 2 is 1.78 bits per heavy atom. The zero-order chi connectivity index (χ0) is 12.3. The predicted molar refractivity (Wildman–Crippen MR) is 70.7 cm³/mol. The van der Waals surface area contributed by atoms with Crippen molar-refractivity contribution in [3.8, 4) is 0 Å². The highest BCUT2D eigenvalue weighted by Gasteiger charge is 2.46. The molecule has 1 fully saturated rings. The predicted octanol–water partition coefficient (Wildman–Crippen LogP) is 3.48. The minimum atomic E-state index is 0.103. The first kappa shape index (κ1) is 10.2. The highest BCUT2D eigenvalue weighted by atomic mass is 16.3. The molecule has 0 atom stereocenters. The van der Waals surface area contributed by atoms with Gasteiger partial charge in [-0.05, 0) is 31.9 Å². The van der Waals surface area contributed by atoms with E-state index in [1.54, 1.807) is 12.5 Å². The topological polar surface area (TPSA) is 52.3 Å². The minimum Gasteiger partial charge on any atom is -0.464 e. The van der Waals surface area contributed by atoms with Gasteiger partial charge in [0.05, 0.1) is 12.5 Å². The Kier molecular flexibility index (Phi) is 1.80. The van der Waals surface area contributed by atoms with Gasteiger partial charge >= 0.3 is 0 Å². The molecule has 2 heterocycles. The lowest BCUT2D eigenvalue weighted by molar-refractivity contribution is 0.596. The molecule has 3 heteroatoms. The van der Waals surface area contributed by atoms with E-state index in [4.69, 9.17) is 14.6 Å². The molecule has 0 spiro atoms. The maximum absolute atomic E-state index is 5.99. The van der Waals surface area contributed by atoms with Gasteiger partial charge in [0, 0.05) is 33.9 Å². The lowest BCUT2D eigenvalue weighted by atomic mass is 9.90. The van der Waals surface area contributed by atoms with Gasteiger partial charge in [-0.25, -0.2) is 0 Å². The summed E-state index contributed by atoms with van der Waals surface area (Å²) in [5, 5.41) is 2.31. The van der Waals surface area contributed by atoms with Gasteiger partial charge in [-0.1, -0.05) is 0 Å². The second kappa shape index (κ2) is 3.18. The number of nitrogens with two attached hydrogens (primary N) is 1. The molecule has 2 N–H and O–H groups in total.